The van der Waals surface area contributed by atoms with Gasteiger partial charge in [0.05, 0.1) is 16.6 Å². The minimum Gasteiger partial charge on any atom is -0.451 e. The molecular weight excluding hydrogens is 556 g/mol. The number of amides is 2. The van der Waals surface area contributed by atoms with E-state index in [2.05, 4.69) is 20.0 Å². The number of aromatic nitrogens is 2. The number of aryl methyl sites for hydroxylation is 2. The van der Waals surface area contributed by atoms with Crippen LogP contribution in [0.1, 0.15) is 54.6 Å². The normalized spacial score (nSPS) is 18.2. The minimum absolute atomic E-state index is 0.0844. The Morgan fingerprint density at radius 1 is 1.07 bits per heavy atom. The van der Waals surface area contributed by atoms with Crippen LogP contribution >= 0.6 is 0 Å². The van der Waals surface area contributed by atoms with E-state index in [1.165, 1.54) is 24.3 Å². The topological polar surface area (TPSA) is 157 Å². The van der Waals surface area contributed by atoms with Crippen molar-refractivity contribution in [3.8, 4) is 17.1 Å². The molecule has 1 spiro atoms. The molecule has 1 aromatic heterocycles. The monoisotopic (exact) mass is 592 g/mol. The number of hydrogen-bond acceptors (Lipinski definition) is 8. The molecule has 4 bridgehead atoms. The van der Waals surface area contributed by atoms with E-state index >= 15 is 0 Å². The van der Waals surface area contributed by atoms with Gasteiger partial charge in [0.25, 0.3) is 15.9 Å². The summed E-state index contributed by atoms with van der Waals surface area (Å²) in [5.41, 5.74) is 8.27. The van der Waals surface area contributed by atoms with E-state index in [9.17, 15) is 18.0 Å². The van der Waals surface area contributed by atoms with Crippen LogP contribution in [0.15, 0.2) is 53.4 Å². The van der Waals surface area contributed by atoms with Crippen LogP contribution in [0.25, 0.3) is 11.3 Å². The van der Waals surface area contributed by atoms with E-state index in [-0.39, 0.29) is 47.0 Å². The zero-order valence-corrected chi connectivity index (χ0v) is 25.0. The van der Waals surface area contributed by atoms with Crippen molar-refractivity contribution in [2.45, 2.75) is 63.6 Å². The fourth-order valence-electron chi connectivity index (χ4n) is 5.52. The number of likely N-dealkylation sites (tertiary alicyclic amines) is 1. The molecule has 4 N–H and O–H groups in total. The molecule has 222 valence electrons. The fourth-order valence-corrected chi connectivity index (χ4v) is 6.51. The predicted octanol–water partition coefficient (Wildman–Crippen LogP) is 3.38. The second kappa shape index (κ2) is 11.3. The molecule has 11 nitrogen and oxygen atoms in total. The maximum Gasteiger partial charge on any atom is 0.264 e. The van der Waals surface area contributed by atoms with E-state index < -0.39 is 27.7 Å². The average molecular weight is 593 g/mol. The van der Waals surface area contributed by atoms with E-state index in [1.54, 1.807) is 11.0 Å². The third kappa shape index (κ3) is 6.09. The highest BCUT2D eigenvalue weighted by atomic mass is 32.2. The summed E-state index contributed by atoms with van der Waals surface area (Å²) in [7, 11) is -4.12. The van der Waals surface area contributed by atoms with Crippen LogP contribution in [0.2, 0.25) is 0 Å². The molecule has 42 heavy (non-hydrogen) atoms. The first-order valence-corrected chi connectivity index (χ1v) is 15.5. The van der Waals surface area contributed by atoms with Gasteiger partial charge < -0.3 is 20.7 Å². The lowest BCUT2D eigenvalue weighted by Gasteiger charge is -2.42. The van der Waals surface area contributed by atoms with E-state index in [4.69, 9.17) is 10.5 Å². The lowest BCUT2D eigenvalue weighted by molar-refractivity contribution is -0.137. The van der Waals surface area contributed by atoms with Crippen molar-refractivity contribution in [3.05, 3.63) is 65.2 Å². The molecule has 5 rings (SSSR count). The van der Waals surface area contributed by atoms with Crippen LogP contribution in [0, 0.1) is 19.8 Å². The van der Waals surface area contributed by atoms with E-state index in [1.807, 2.05) is 45.9 Å². The maximum atomic E-state index is 13.5. The molecule has 2 amide bonds. The first-order valence-electron chi connectivity index (χ1n) is 14.0. The number of carbonyl (C=O) groups is 2. The van der Waals surface area contributed by atoms with Crippen molar-refractivity contribution in [1.29, 1.82) is 0 Å². The third-order valence-corrected chi connectivity index (χ3v) is 8.96. The largest absolute Gasteiger partial charge is 0.451 e. The van der Waals surface area contributed by atoms with Gasteiger partial charge in [-0.15, -0.1) is 0 Å². The number of benzene rings is 2. The molecule has 1 atom stereocenters. The van der Waals surface area contributed by atoms with Gasteiger partial charge in [-0.1, -0.05) is 38.1 Å². The molecule has 0 saturated carbocycles. The first kappa shape index (κ1) is 29.5. The van der Waals surface area contributed by atoms with Gasteiger partial charge in [-0.05, 0) is 55.5 Å². The van der Waals surface area contributed by atoms with Gasteiger partial charge in [0.2, 0.25) is 17.7 Å². The van der Waals surface area contributed by atoms with Gasteiger partial charge in [0.1, 0.15) is 0 Å². The highest BCUT2D eigenvalue weighted by molar-refractivity contribution is 7.92. The zero-order valence-electron chi connectivity index (χ0n) is 24.2. The van der Waals surface area contributed by atoms with E-state index in [0.717, 1.165) is 16.7 Å². The number of nitrogens with one attached hydrogen (secondary N) is 2. The van der Waals surface area contributed by atoms with Gasteiger partial charge in [-0.3, -0.25) is 9.59 Å². The minimum atomic E-state index is -4.12. The summed E-state index contributed by atoms with van der Waals surface area (Å²) in [6.07, 6.45) is 1.11. The van der Waals surface area contributed by atoms with Crippen LogP contribution in [-0.2, 0) is 14.8 Å². The number of rotatable bonds is 4. The number of nitrogens with zero attached hydrogens (tertiary/aromatic N) is 3. The SMILES string of the molecule is Cc1cccc(C)c1-c1cc2nc(n1)NS(=O)(=O)c1cccc(c1)C(=O)NC1(CCN(C(=O)C(N)CC(C)C)CC1)O2. The Bertz CT molecular complexity index is 1610. The summed E-state index contributed by atoms with van der Waals surface area (Å²) in [5.74, 6) is -0.443. The first-order chi connectivity index (χ1) is 19.9. The Hall–Kier alpha value is -4.03. The number of anilines is 1. The van der Waals surface area contributed by atoms with Gasteiger partial charge in [-0.25, -0.2) is 18.1 Å². The molecule has 12 heteroatoms. The molecule has 0 aliphatic carbocycles. The summed E-state index contributed by atoms with van der Waals surface area (Å²) in [5, 5.41) is 2.99. The summed E-state index contributed by atoms with van der Waals surface area (Å²) in [6.45, 7) is 8.53. The van der Waals surface area contributed by atoms with Crippen molar-refractivity contribution in [1.82, 2.24) is 20.2 Å². The van der Waals surface area contributed by atoms with Crippen molar-refractivity contribution in [2.75, 3.05) is 17.8 Å². The molecule has 1 saturated heterocycles. The molecule has 3 heterocycles. The molecule has 2 aromatic carbocycles. The second-order valence-electron chi connectivity index (χ2n) is 11.4. The molecule has 2 aliphatic heterocycles. The Labute approximate surface area is 245 Å². The van der Waals surface area contributed by atoms with Crippen LogP contribution in [0.3, 0.4) is 0 Å². The van der Waals surface area contributed by atoms with Crippen molar-refractivity contribution < 1.29 is 22.7 Å². The quantitative estimate of drug-likeness (QED) is 0.416. The maximum absolute atomic E-state index is 13.5. The Morgan fingerprint density at radius 2 is 1.74 bits per heavy atom. The smallest absolute Gasteiger partial charge is 0.264 e. The molecule has 3 aromatic rings. The number of fused-ring (bicyclic) bond motifs is 4. The fraction of sp³-hybridized carbons (Fsp3) is 0.400. The number of ether oxygens (including phenoxy) is 1. The molecular formula is C30H36N6O5S. The van der Waals surface area contributed by atoms with E-state index in [0.29, 0.717) is 25.2 Å². The number of hydrogen-bond donors (Lipinski definition) is 3. The molecule has 1 fully saturated rings. The van der Waals surface area contributed by atoms with Crippen molar-refractivity contribution >= 4 is 27.8 Å². The predicted molar refractivity (Wildman–Crippen MR) is 158 cm³/mol. The van der Waals surface area contributed by atoms with Crippen LogP contribution < -0.4 is 20.5 Å². The van der Waals surface area contributed by atoms with Gasteiger partial charge in [0.15, 0.2) is 5.72 Å². The van der Waals surface area contributed by atoms with Crippen LogP contribution in [0.4, 0.5) is 5.95 Å². The summed E-state index contributed by atoms with van der Waals surface area (Å²) >= 11 is 0. The summed E-state index contributed by atoms with van der Waals surface area (Å²) in [6, 6.07) is 12.6. The molecule has 1 unspecified atom stereocenters. The number of piperidine rings is 1. The van der Waals surface area contributed by atoms with Gasteiger partial charge in [-0.2, -0.15) is 4.98 Å². The lowest BCUT2D eigenvalue weighted by Crippen LogP contribution is -2.61. The van der Waals surface area contributed by atoms with Crippen LogP contribution in [0.5, 0.6) is 5.88 Å². The number of nitrogens with two attached hydrogens (primary N) is 1. The second-order valence-corrected chi connectivity index (χ2v) is 13.1. The Morgan fingerprint density at radius 3 is 2.40 bits per heavy atom. The van der Waals surface area contributed by atoms with Gasteiger partial charge >= 0.3 is 0 Å². The highest BCUT2D eigenvalue weighted by Gasteiger charge is 2.41. The average Bonchev–Trinajstić information content (AvgIpc) is 2.92. The number of sulfonamides is 1. The van der Waals surface area contributed by atoms with Crippen molar-refractivity contribution in [2.24, 2.45) is 11.7 Å². The summed E-state index contributed by atoms with van der Waals surface area (Å²) < 4.78 is 35.5. The summed E-state index contributed by atoms with van der Waals surface area (Å²) in [4.78, 5) is 37.1. The molecule has 0 radical (unpaired) electrons. The standard InChI is InChI=1S/C30H36N6O5S/c1-18(2)15-23(31)28(38)36-13-11-30(12-14-36)34-27(37)21-9-6-10-22(16-21)42(39,40)35-29-32-24(17-25(33-29)41-30)26-19(3)7-5-8-20(26)4/h5-10,16-18,23H,11-15,31H2,1-4H3,(H,34,37)(H,32,33,35). The lowest BCUT2D eigenvalue weighted by atomic mass is 9.97. The zero-order chi connectivity index (χ0) is 30.2. The Balaban J connectivity index is 1.57. The van der Waals surface area contributed by atoms with Gasteiger partial charge in [0, 0.05) is 43.1 Å². The third-order valence-electron chi connectivity index (χ3n) is 7.64. The van der Waals surface area contributed by atoms with Crippen molar-refractivity contribution in [3.63, 3.8) is 0 Å². The number of carbonyl (C=O) groups excluding carboxylic acids is 2. The Kier molecular flexibility index (Phi) is 7.95. The molecule has 2 aliphatic rings. The van der Waals surface area contributed by atoms with Crippen LogP contribution in [-0.4, -0.2) is 60.0 Å². The highest BCUT2D eigenvalue weighted by Crippen LogP contribution is 2.33.